The van der Waals surface area contributed by atoms with Crippen LogP contribution in [0, 0.1) is 0 Å². The minimum absolute atomic E-state index is 0.0983. The summed E-state index contributed by atoms with van der Waals surface area (Å²) >= 11 is 0. The van der Waals surface area contributed by atoms with E-state index in [9.17, 15) is 44.6 Å². The highest BCUT2D eigenvalue weighted by atomic mass is 31.2. The van der Waals surface area contributed by atoms with Crippen LogP contribution < -0.4 is 0 Å². The van der Waals surface area contributed by atoms with Crippen molar-refractivity contribution in [3.05, 3.63) is 0 Å². The van der Waals surface area contributed by atoms with E-state index in [2.05, 4.69) is 6.92 Å². The maximum atomic E-state index is 12.5. The van der Waals surface area contributed by atoms with Gasteiger partial charge in [-0.05, 0) is 12.8 Å². The summed E-state index contributed by atoms with van der Waals surface area (Å²) in [6.07, 6.45) is -2.86. The maximum absolute atomic E-state index is 12.5. The summed E-state index contributed by atoms with van der Waals surface area (Å²) in [6, 6.07) is 0. The molecule has 1 aliphatic rings. The minimum atomic E-state index is -5.07. The molecule has 0 amide bonds. The molecule has 14 heteroatoms. The average molecular weight is 587 g/mol. The molecule has 0 aromatic carbocycles. The smallest absolute Gasteiger partial charge is 0.462 e. The number of esters is 2. The van der Waals surface area contributed by atoms with Crippen molar-refractivity contribution in [3.8, 4) is 0 Å². The van der Waals surface area contributed by atoms with E-state index < -0.39 is 75.7 Å². The first-order chi connectivity index (χ1) is 18.4. The van der Waals surface area contributed by atoms with Crippen molar-refractivity contribution < 1.29 is 63.1 Å². The third-order valence-electron chi connectivity index (χ3n) is 6.42. The van der Waals surface area contributed by atoms with E-state index in [0.717, 1.165) is 25.7 Å². The first-order valence-electron chi connectivity index (χ1n) is 13.8. The summed E-state index contributed by atoms with van der Waals surface area (Å²) < 4.78 is 32.4. The van der Waals surface area contributed by atoms with Crippen molar-refractivity contribution in [2.24, 2.45) is 0 Å². The van der Waals surface area contributed by atoms with Gasteiger partial charge in [-0.3, -0.25) is 18.6 Å². The summed E-state index contributed by atoms with van der Waals surface area (Å²) in [6.45, 7) is 2.76. The summed E-state index contributed by atoms with van der Waals surface area (Å²) in [5.74, 6) is -1.17. The summed E-state index contributed by atoms with van der Waals surface area (Å²) in [5.41, 5.74) is 0. The van der Waals surface area contributed by atoms with Crippen molar-refractivity contribution in [3.63, 3.8) is 0 Å². The van der Waals surface area contributed by atoms with E-state index in [0.29, 0.717) is 12.8 Å². The van der Waals surface area contributed by atoms with Crippen molar-refractivity contribution in [1.29, 1.82) is 0 Å². The average Bonchev–Trinajstić information content (AvgIpc) is 2.89. The van der Waals surface area contributed by atoms with Crippen LogP contribution >= 0.6 is 7.82 Å². The highest BCUT2D eigenvalue weighted by molar-refractivity contribution is 7.47. The van der Waals surface area contributed by atoms with Gasteiger partial charge in [-0.1, -0.05) is 65.2 Å². The van der Waals surface area contributed by atoms with Crippen LogP contribution in [0.1, 0.15) is 90.9 Å². The van der Waals surface area contributed by atoms with Crippen LogP contribution in [0.5, 0.6) is 0 Å². The third kappa shape index (κ3) is 13.8. The number of unbranched alkanes of at least 4 members (excludes halogenated alkanes) is 8. The Hall–Kier alpha value is -1.15. The fourth-order valence-electron chi connectivity index (χ4n) is 4.09. The number of carbonyl (C=O) groups excluding carboxylic acids is 2. The molecular formula is C25H47O13P. The number of carbonyl (C=O) groups is 2. The van der Waals surface area contributed by atoms with E-state index >= 15 is 0 Å². The standard InChI is InChI=1S/C25H47O13P/c1-3-5-6-7-8-9-10-11-12-14-19(27)37-17(15-35-18(26)13-4-2)16-36-39(33,34)38-25-23(31)21(29)20(28)22(30)24(25)32/h17,20-25,28-32H,3-16H2,1-2H3,(H,33,34). The number of aliphatic hydroxyl groups is 5. The summed E-state index contributed by atoms with van der Waals surface area (Å²) in [5, 5.41) is 49.2. The van der Waals surface area contributed by atoms with Crippen LogP contribution in [-0.4, -0.2) is 98.3 Å². The number of hydrogen-bond donors (Lipinski definition) is 6. The largest absolute Gasteiger partial charge is 0.472 e. The number of aliphatic hydroxyl groups excluding tert-OH is 5. The Balaban J connectivity index is 2.59. The van der Waals surface area contributed by atoms with Crippen molar-refractivity contribution in [1.82, 2.24) is 0 Å². The SMILES string of the molecule is CCCCCCCCCCCC(=O)OC(COC(=O)CCC)COP(=O)(O)OC1C(O)C(O)C(O)C(O)C1O. The number of phosphoric acid groups is 1. The van der Waals surface area contributed by atoms with E-state index in [-0.39, 0.29) is 12.8 Å². The second-order valence-corrected chi connectivity index (χ2v) is 11.3. The van der Waals surface area contributed by atoms with Crippen LogP contribution in [0.4, 0.5) is 0 Å². The van der Waals surface area contributed by atoms with E-state index in [1.165, 1.54) is 25.7 Å². The molecule has 0 radical (unpaired) electrons. The van der Waals surface area contributed by atoms with Gasteiger partial charge in [0.2, 0.25) is 0 Å². The summed E-state index contributed by atoms with van der Waals surface area (Å²) in [4.78, 5) is 34.2. The highest BCUT2D eigenvalue weighted by Crippen LogP contribution is 2.47. The molecule has 39 heavy (non-hydrogen) atoms. The van der Waals surface area contributed by atoms with Crippen LogP contribution in [0.25, 0.3) is 0 Å². The molecule has 0 heterocycles. The Labute approximate surface area is 230 Å². The number of ether oxygens (including phenoxy) is 2. The Morgan fingerprint density at radius 3 is 1.74 bits per heavy atom. The van der Waals surface area contributed by atoms with Crippen molar-refractivity contribution in [2.75, 3.05) is 13.2 Å². The molecule has 1 saturated carbocycles. The number of rotatable bonds is 20. The van der Waals surface area contributed by atoms with Gasteiger partial charge >= 0.3 is 19.8 Å². The minimum Gasteiger partial charge on any atom is -0.462 e. The molecule has 6 unspecified atom stereocenters. The van der Waals surface area contributed by atoms with Gasteiger partial charge in [0.05, 0.1) is 6.61 Å². The van der Waals surface area contributed by atoms with Crippen LogP contribution in [0.15, 0.2) is 0 Å². The molecule has 0 bridgehead atoms. The van der Waals surface area contributed by atoms with Gasteiger partial charge in [0.1, 0.15) is 43.2 Å². The number of hydrogen-bond acceptors (Lipinski definition) is 12. The molecule has 0 spiro atoms. The Morgan fingerprint density at radius 1 is 0.692 bits per heavy atom. The van der Waals surface area contributed by atoms with Crippen LogP contribution in [0.3, 0.4) is 0 Å². The molecule has 6 N–H and O–H groups in total. The molecule has 0 aromatic rings. The lowest BCUT2D eigenvalue weighted by atomic mass is 9.85. The topological polar surface area (TPSA) is 210 Å². The van der Waals surface area contributed by atoms with Gasteiger partial charge in [-0.25, -0.2) is 4.57 Å². The molecule has 1 fully saturated rings. The molecule has 0 aromatic heterocycles. The number of phosphoric ester groups is 1. The van der Waals surface area contributed by atoms with Gasteiger partial charge in [0.25, 0.3) is 0 Å². The van der Waals surface area contributed by atoms with Crippen LogP contribution in [-0.2, 0) is 32.7 Å². The third-order valence-corrected chi connectivity index (χ3v) is 7.40. The molecule has 6 atom stereocenters. The zero-order valence-corrected chi connectivity index (χ0v) is 23.8. The Kier molecular flexibility index (Phi) is 17.5. The van der Waals surface area contributed by atoms with Crippen molar-refractivity contribution in [2.45, 2.75) is 134 Å². The predicted octanol–water partition coefficient (Wildman–Crippen LogP) is 1.48. The Morgan fingerprint density at radius 2 is 1.21 bits per heavy atom. The zero-order chi connectivity index (χ0) is 29.4. The molecule has 13 nitrogen and oxygen atoms in total. The molecule has 0 saturated heterocycles. The molecule has 230 valence electrons. The lowest BCUT2D eigenvalue weighted by Gasteiger charge is -2.41. The van der Waals surface area contributed by atoms with Gasteiger partial charge in [0.15, 0.2) is 6.10 Å². The lowest BCUT2D eigenvalue weighted by molar-refractivity contribution is -0.220. The second kappa shape index (κ2) is 19.1. The first kappa shape index (κ1) is 35.9. The van der Waals surface area contributed by atoms with E-state index in [4.69, 9.17) is 18.5 Å². The monoisotopic (exact) mass is 586 g/mol. The van der Waals surface area contributed by atoms with Crippen molar-refractivity contribution >= 4 is 19.8 Å². The second-order valence-electron chi connectivity index (χ2n) is 9.91. The normalized spacial score (nSPS) is 27.5. The van der Waals surface area contributed by atoms with E-state index in [1.807, 2.05) is 0 Å². The van der Waals surface area contributed by atoms with Gasteiger partial charge in [-0.15, -0.1) is 0 Å². The molecule has 1 aliphatic carbocycles. The van der Waals surface area contributed by atoms with Gasteiger partial charge < -0.3 is 39.9 Å². The van der Waals surface area contributed by atoms with E-state index in [1.54, 1.807) is 6.92 Å². The predicted molar refractivity (Wildman–Crippen MR) is 138 cm³/mol. The summed E-state index contributed by atoms with van der Waals surface area (Å²) in [7, 11) is -5.07. The molecular weight excluding hydrogens is 539 g/mol. The maximum Gasteiger partial charge on any atom is 0.472 e. The molecule has 1 rings (SSSR count). The first-order valence-corrected chi connectivity index (χ1v) is 15.3. The molecule has 0 aliphatic heterocycles. The fraction of sp³-hybridized carbons (Fsp3) is 0.920. The lowest BCUT2D eigenvalue weighted by Crippen LogP contribution is -2.64. The van der Waals surface area contributed by atoms with Gasteiger partial charge in [0, 0.05) is 12.8 Å². The zero-order valence-electron chi connectivity index (χ0n) is 22.9. The van der Waals surface area contributed by atoms with Gasteiger partial charge in [-0.2, -0.15) is 0 Å². The fourth-order valence-corrected chi connectivity index (χ4v) is 5.06. The quantitative estimate of drug-likeness (QED) is 0.0679. The Bertz CT molecular complexity index is 735. The highest BCUT2D eigenvalue weighted by Gasteiger charge is 2.51. The van der Waals surface area contributed by atoms with Crippen LogP contribution in [0.2, 0.25) is 0 Å².